The van der Waals surface area contributed by atoms with E-state index in [1.807, 2.05) is 24.3 Å². The molecule has 0 amide bonds. The molecule has 4 heteroatoms. The highest BCUT2D eigenvalue weighted by Gasteiger charge is 2.21. The second-order valence-corrected chi connectivity index (χ2v) is 5.59. The minimum atomic E-state index is -0.156. The van der Waals surface area contributed by atoms with Gasteiger partial charge in [-0.15, -0.1) is 0 Å². The van der Waals surface area contributed by atoms with Crippen LogP contribution < -0.4 is 10.1 Å². The first-order valence-corrected chi connectivity index (χ1v) is 7.28. The van der Waals surface area contributed by atoms with Gasteiger partial charge >= 0.3 is 0 Å². The second-order valence-electron chi connectivity index (χ2n) is 5.59. The molecule has 1 aromatic carbocycles. The predicted octanol–water partition coefficient (Wildman–Crippen LogP) is 2.19. The Morgan fingerprint density at radius 3 is 2.45 bits per heavy atom. The lowest BCUT2D eigenvalue weighted by molar-refractivity contribution is 0.207. The van der Waals surface area contributed by atoms with E-state index < -0.39 is 0 Å². The van der Waals surface area contributed by atoms with Crippen LogP contribution in [-0.4, -0.2) is 37.7 Å². The average Bonchev–Trinajstić information content (AvgIpc) is 2.48. The van der Waals surface area contributed by atoms with E-state index in [4.69, 9.17) is 4.74 Å². The maximum absolute atomic E-state index is 9.43. The zero-order valence-electron chi connectivity index (χ0n) is 12.3. The summed E-state index contributed by atoms with van der Waals surface area (Å²) >= 11 is 0. The van der Waals surface area contributed by atoms with E-state index in [-0.39, 0.29) is 6.04 Å². The van der Waals surface area contributed by atoms with Crippen LogP contribution in [0.2, 0.25) is 0 Å². The van der Waals surface area contributed by atoms with Crippen molar-refractivity contribution >= 4 is 0 Å². The molecular formula is C16H23N3O. The van der Waals surface area contributed by atoms with Crippen molar-refractivity contribution in [2.45, 2.75) is 19.9 Å². The van der Waals surface area contributed by atoms with Gasteiger partial charge in [0.2, 0.25) is 0 Å². The molecule has 0 bridgehead atoms. The molecule has 1 atom stereocenters. The zero-order chi connectivity index (χ0) is 14.4. The molecule has 0 aromatic heterocycles. The minimum Gasteiger partial charge on any atom is -0.493 e. The van der Waals surface area contributed by atoms with Crippen LogP contribution >= 0.6 is 0 Å². The number of nitrogens with zero attached hydrogens (tertiary/aromatic N) is 2. The highest BCUT2D eigenvalue weighted by molar-refractivity contribution is 5.31. The van der Waals surface area contributed by atoms with Gasteiger partial charge in [0, 0.05) is 26.2 Å². The molecule has 1 fully saturated rings. The molecule has 108 valence electrons. The molecule has 4 nitrogen and oxygen atoms in total. The lowest BCUT2D eigenvalue weighted by Gasteiger charge is -2.31. The summed E-state index contributed by atoms with van der Waals surface area (Å²) in [6, 6.07) is 10.2. The number of hydrogen-bond donors (Lipinski definition) is 1. The van der Waals surface area contributed by atoms with Crippen molar-refractivity contribution in [2.75, 3.05) is 32.8 Å². The van der Waals surface area contributed by atoms with Gasteiger partial charge in [0.1, 0.15) is 11.8 Å². The van der Waals surface area contributed by atoms with Crippen LogP contribution in [0.3, 0.4) is 0 Å². The summed E-state index contributed by atoms with van der Waals surface area (Å²) in [4.78, 5) is 2.22. The van der Waals surface area contributed by atoms with E-state index in [1.54, 1.807) is 0 Å². The van der Waals surface area contributed by atoms with Gasteiger partial charge in [-0.25, -0.2) is 0 Å². The third kappa shape index (κ3) is 3.96. The number of rotatable bonds is 5. The third-order valence-electron chi connectivity index (χ3n) is 3.42. The molecule has 1 aromatic rings. The first-order chi connectivity index (χ1) is 9.70. The molecule has 0 aliphatic carbocycles. The lowest BCUT2D eigenvalue weighted by Crippen LogP contribution is -2.44. The Hall–Kier alpha value is -1.57. The Balaban J connectivity index is 2.01. The number of hydrogen-bond acceptors (Lipinski definition) is 4. The topological polar surface area (TPSA) is 48.3 Å². The van der Waals surface area contributed by atoms with Gasteiger partial charge < -0.3 is 10.1 Å². The maximum Gasteiger partial charge on any atom is 0.123 e. The molecule has 0 radical (unpaired) electrons. The summed E-state index contributed by atoms with van der Waals surface area (Å²) in [5.74, 6) is 1.39. The van der Waals surface area contributed by atoms with Crippen molar-refractivity contribution < 1.29 is 4.74 Å². The van der Waals surface area contributed by atoms with Crippen LogP contribution in [0.25, 0.3) is 0 Å². The van der Waals surface area contributed by atoms with Gasteiger partial charge in [0.25, 0.3) is 0 Å². The van der Waals surface area contributed by atoms with E-state index >= 15 is 0 Å². The largest absolute Gasteiger partial charge is 0.493 e. The monoisotopic (exact) mass is 273 g/mol. The van der Waals surface area contributed by atoms with Crippen molar-refractivity contribution in [3.8, 4) is 11.8 Å². The van der Waals surface area contributed by atoms with Crippen LogP contribution in [0.4, 0.5) is 0 Å². The van der Waals surface area contributed by atoms with Gasteiger partial charge in [-0.05, 0) is 23.6 Å². The summed E-state index contributed by atoms with van der Waals surface area (Å²) in [5, 5.41) is 12.7. The summed E-state index contributed by atoms with van der Waals surface area (Å²) in [6.45, 7) is 8.73. The molecule has 1 aliphatic rings. The van der Waals surface area contributed by atoms with Gasteiger partial charge in [-0.1, -0.05) is 26.0 Å². The fourth-order valence-corrected chi connectivity index (χ4v) is 2.32. The fraction of sp³-hybridized carbons (Fsp3) is 0.562. The van der Waals surface area contributed by atoms with Crippen LogP contribution in [0.5, 0.6) is 5.75 Å². The zero-order valence-corrected chi connectivity index (χ0v) is 12.3. The number of piperazine rings is 1. The molecule has 1 unspecified atom stereocenters. The Kier molecular flexibility index (Phi) is 5.40. The van der Waals surface area contributed by atoms with Crippen molar-refractivity contribution in [1.29, 1.82) is 5.26 Å². The number of nitrogens with one attached hydrogen (secondary N) is 1. The second kappa shape index (κ2) is 7.28. The van der Waals surface area contributed by atoms with Gasteiger partial charge in [0.05, 0.1) is 12.7 Å². The summed E-state index contributed by atoms with van der Waals surface area (Å²) in [7, 11) is 0. The van der Waals surface area contributed by atoms with Gasteiger partial charge in [-0.2, -0.15) is 5.26 Å². The van der Waals surface area contributed by atoms with E-state index in [1.165, 1.54) is 0 Å². The van der Waals surface area contributed by atoms with Gasteiger partial charge in [0.15, 0.2) is 0 Å². The number of benzene rings is 1. The van der Waals surface area contributed by atoms with E-state index in [0.29, 0.717) is 5.92 Å². The summed E-state index contributed by atoms with van der Waals surface area (Å²) < 4.78 is 5.67. The maximum atomic E-state index is 9.43. The summed E-state index contributed by atoms with van der Waals surface area (Å²) in [5.41, 5.74) is 1.05. The molecule has 0 spiro atoms. The van der Waals surface area contributed by atoms with Crippen LogP contribution in [0.15, 0.2) is 24.3 Å². The van der Waals surface area contributed by atoms with E-state index in [0.717, 1.165) is 44.1 Å². The third-order valence-corrected chi connectivity index (χ3v) is 3.42. The van der Waals surface area contributed by atoms with Crippen LogP contribution in [0, 0.1) is 17.2 Å². The first-order valence-electron chi connectivity index (χ1n) is 7.28. The van der Waals surface area contributed by atoms with E-state index in [2.05, 4.69) is 30.1 Å². The number of nitriles is 1. The molecule has 2 rings (SSSR count). The quantitative estimate of drug-likeness (QED) is 0.893. The fourth-order valence-electron chi connectivity index (χ4n) is 2.32. The standard InChI is InChI=1S/C16H23N3O/c1-13(2)12-20-15-5-3-14(4-6-15)16(11-17)19-9-7-18-8-10-19/h3-6,13,16,18H,7-10,12H2,1-2H3. The average molecular weight is 273 g/mol. The normalized spacial score (nSPS) is 17.7. The Bertz CT molecular complexity index is 444. The Labute approximate surface area is 121 Å². The summed E-state index contributed by atoms with van der Waals surface area (Å²) in [6.07, 6.45) is 0. The number of ether oxygens (including phenoxy) is 1. The highest BCUT2D eigenvalue weighted by Crippen LogP contribution is 2.23. The lowest BCUT2D eigenvalue weighted by atomic mass is 10.1. The molecular weight excluding hydrogens is 250 g/mol. The first kappa shape index (κ1) is 14.8. The van der Waals surface area contributed by atoms with E-state index in [9.17, 15) is 5.26 Å². The van der Waals surface area contributed by atoms with Crippen LogP contribution in [-0.2, 0) is 0 Å². The highest BCUT2D eigenvalue weighted by atomic mass is 16.5. The molecule has 1 aliphatic heterocycles. The Morgan fingerprint density at radius 2 is 1.90 bits per heavy atom. The van der Waals surface area contributed by atoms with Crippen molar-refractivity contribution in [1.82, 2.24) is 10.2 Å². The van der Waals surface area contributed by atoms with Crippen molar-refractivity contribution in [2.24, 2.45) is 5.92 Å². The molecule has 20 heavy (non-hydrogen) atoms. The Morgan fingerprint density at radius 1 is 1.25 bits per heavy atom. The smallest absolute Gasteiger partial charge is 0.123 e. The predicted molar refractivity (Wildman–Crippen MR) is 79.6 cm³/mol. The minimum absolute atomic E-state index is 0.156. The van der Waals surface area contributed by atoms with Gasteiger partial charge in [-0.3, -0.25) is 4.90 Å². The molecule has 1 saturated heterocycles. The SMILES string of the molecule is CC(C)COc1ccc(C(C#N)N2CCNCC2)cc1. The van der Waals surface area contributed by atoms with Crippen molar-refractivity contribution in [3.05, 3.63) is 29.8 Å². The van der Waals surface area contributed by atoms with Crippen molar-refractivity contribution in [3.63, 3.8) is 0 Å². The molecule has 1 N–H and O–H groups in total. The molecule has 0 saturated carbocycles. The molecule has 1 heterocycles. The van der Waals surface area contributed by atoms with Crippen LogP contribution in [0.1, 0.15) is 25.5 Å².